The van der Waals surface area contributed by atoms with Gasteiger partial charge in [-0.1, -0.05) is 20.3 Å². The molecular weight excluding hydrogens is 238 g/mol. The van der Waals surface area contributed by atoms with Crippen LogP contribution in [0.2, 0.25) is 0 Å². The van der Waals surface area contributed by atoms with E-state index in [1.807, 2.05) is 20.1 Å². The molecule has 0 fully saturated rings. The zero-order valence-electron chi connectivity index (χ0n) is 10.9. The van der Waals surface area contributed by atoms with Crippen LogP contribution in [0.4, 0.5) is 0 Å². The molecule has 0 aromatic carbocycles. The highest BCUT2D eigenvalue weighted by molar-refractivity contribution is 7.98. The Bertz CT molecular complexity index is 246. The smallest absolute Gasteiger partial charge is 0.326 e. The van der Waals surface area contributed by atoms with E-state index in [-0.39, 0.29) is 11.8 Å². The lowest BCUT2D eigenvalue weighted by Crippen LogP contribution is -2.44. The normalized spacial score (nSPS) is 14.1. The molecule has 100 valence electrons. The summed E-state index contributed by atoms with van der Waals surface area (Å²) in [6.45, 7) is 3.76. The lowest BCUT2D eigenvalue weighted by molar-refractivity contribution is -0.143. The molecular formula is C12H23NO3S. The Labute approximate surface area is 108 Å². The van der Waals surface area contributed by atoms with E-state index >= 15 is 0 Å². The summed E-state index contributed by atoms with van der Waals surface area (Å²) in [7, 11) is 0. The fraction of sp³-hybridized carbons (Fsp3) is 0.833. The first-order valence-electron chi connectivity index (χ1n) is 6.04. The second-order valence-electron chi connectivity index (χ2n) is 4.22. The third-order valence-corrected chi connectivity index (χ3v) is 3.49. The van der Waals surface area contributed by atoms with Gasteiger partial charge in [0.25, 0.3) is 0 Å². The maximum Gasteiger partial charge on any atom is 0.326 e. The predicted octanol–water partition coefficient (Wildman–Crippen LogP) is 2.14. The number of hydrogen-bond donors (Lipinski definition) is 2. The molecule has 0 rings (SSSR count). The second kappa shape index (κ2) is 9.33. The quantitative estimate of drug-likeness (QED) is 0.624. The highest BCUT2D eigenvalue weighted by atomic mass is 32.2. The monoisotopic (exact) mass is 261 g/mol. The number of unbranched alkanes of at least 4 members (excludes halogenated alkanes) is 1. The van der Waals surface area contributed by atoms with Gasteiger partial charge >= 0.3 is 5.97 Å². The van der Waals surface area contributed by atoms with E-state index in [0.29, 0.717) is 6.42 Å². The van der Waals surface area contributed by atoms with Crippen molar-refractivity contribution in [1.29, 1.82) is 0 Å². The first-order chi connectivity index (χ1) is 8.02. The van der Waals surface area contributed by atoms with Crippen LogP contribution in [0.5, 0.6) is 0 Å². The van der Waals surface area contributed by atoms with Crippen LogP contribution in [0.3, 0.4) is 0 Å². The zero-order valence-corrected chi connectivity index (χ0v) is 11.7. The van der Waals surface area contributed by atoms with Gasteiger partial charge in [0.2, 0.25) is 5.91 Å². The van der Waals surface area contributed by atoms with E-state index in [1.165, 1.54) is 0 Å². The van der Waals surface area contributed by atoms with Gasteiger partial charge in [0.05, 0.1) is 0 Å². The van der Waals surface area contributed by atoms with Gasteiger partial charge in [0, 0.05) is 6.42 Å². The highest BCUT2D eigenvalue weighted by Gasteiger charge is 2.24. The Morgan fingerprint density at radius 2 is 2.00 bits per heavy atom. The van der Waals surface area contributed by atoms with Gasteiger partial charge in [-0.3, -0.25) is 4.79 Å². The maximum absolute atomic E-state index is 11.6. The van der Waals surface area contributed by atoms with Crippen molar-refractivity contribution in [3.05, 3.63) is 0 Å². The summed E-state index contributed by atoms with van der Waals surface area (Å²) >= 11 is 1.75. The molecule has 0 aromatic rings. The summed E-state index contributed by atoms with van der Waals surface area (Å²) in [5.74, 6) is -0.0978. The molecule has 2 N–H and O–H groups in total. The van der Waals surface area contributed by atoms with Gasteiger partial charge in [0.1, 0.15) is 6.04 Å². The van der Waals surface area contributed by atoms with Gasteiger partial charge < -0.3 is 10.4 Å². The van der Waals surface area contributed by atoms with Crippen molar-refractivity contribution in [3.63, 3.8) is 0 Å². The molecule has 0 aliphatic rings. The minimum Gasteiger partial charge on any atom is -0.480 e. The molecule has 0 aliphatic heterocycles. The largest absolute Gasteiger partial charge is 0.480 e. The number of aliphatic carboxylic acids is 1. The summed E-state index contributed by atoms with van der Waals surface area (Å²) in [4.78, 5) is 22.6. The molecule has 0 bridgehead atoms. The molecule has 0 unspecified atom stereocenters. The number of nitrogens with one attached hydrogen (secondary N) is 1. The molecule has 1 amide bonds. The molecule has 4 nitrogen and oxygen atoms in total. The van der Waals surface area contributed by atoms with Crippen LogP contribution in [0.15, 0.2) is 0 Å². The van der Waals surface area contributed by atoms with Crippen molar-refractivity contribution in [2.24, 2.45) is 5.92 Å². The first kappa shape index (κ1) is 16.3. The van der Waals surface area contributed by atoms with Crippen LogP contribution in [-0.4, -0.2) is 35.0 Å². The maximum atomic E-state index is 11.6. The lowest BCUT2D eigenvalue weighted by Gasteiger charge is -2.20. The van der Waals surface area contributed by atoms with E-state index in [2.05, 4.69) is 5.32 Å². The minimum atomic E-state index is -0.947. The van der Waals surface area contributed by atoms with Crippen LogP contribution in [-0.2, 0) is 9.59 Å². The third-order valence-electron chi connectivity index (χ3n) is 2.80. The SMILES string of the molecule is CC[C@H](C)[C@H](NC(=O)CCCCSC)C(=O)O. The highest BCUT2D eigenvalue weighted by Crippen LogP contribution is 2.09. The number of carboxylic acids is 1. The van der Waals surface area contributed by atoms with Crippen molar-refractivity contribution in [3.8, 4) is 0 Å². The number of thioether (sulfide) groups is 1. The summed E-state index contributed by atoms with van der Waals surface area (Å²) in [6.07, 6.45) is 5.00. The molecule has 0 saturated heterocycles. The topological polar surface area (TPSA) is 66.4 Å². The number of hydrogen-bond acceptors (Lipinski definition) is 3. The first-order valence-corrected chi connectivity index (χ1v) is 7.43. The molecule has 2 atom stereocenters. The van der Waals surface area contributed by atoms with E-state index in [4.69, 9.17) is 5.11 Å². The van der Waals surface area contributed by atoms with Gasteiger partial charge in [-0.25, -0.2) is 4.79 Å². The summed E-state index contributed by atoms with van der Waals surface area (Å²) in [6, 6.07) is -0.756. The minimum absolute atomic E-state index is 0.0392. The van der Waals surface area contributed by atoms with Crippen molar-refractivity contribution in [2.75, 3.05) is 12.0 Å². The molecule has 17 heavy (non-hydrogen) atoms. The van der Waals surface area contributed by atoms with Crippen molar-refractivity contribution in [2.45, 2.75) is 45.6 Å². The Morgan fingerprint density at radius 3 is 2.47 bits per heavy atom. The van der Waals surface area contributed by atoms with Crippen LogP contribution in [0.1, 0.15) is 39.5 Å². The molecule has 0 aliphatic carbocycles. The lowest BCUT2D eigenvalue weighted by atomic mass is 9.99. The van der Waals surface area contributed by atoms with Crippen LogP contribution < -0.4 is 5.32 Å². The van der Waals surface area contributed by atoms with Crippen LogP contribution in [0, 0.1) is 5.92 Å². The van der Waals surface area contributed by atoms with Crippen molar-refractivity contribution in [1.82, 2.24) is 5.32 Å². The van der Waals surface area contributed by atoms with Gasteiger partial charge in [-0.15, -0.1) is 0 Å². The summed E-state index contributed by atoms with van der Waals surface area (Å²) in [5.41, 5.74) is 0. The average Bonchev–Trinajstić information content (AvgIpc) is 2.30. The standard InChI is InChI=1S/C12H23NO3S/c1-4-9(2)11(12(15)16)13-10(14)7-5-6-8-17-3/h9,11H,4-8H2,1-3H3,(H,13,14)(H,15,16)/t9-,11-/m0/s1. The predicted molar refractivity (Wildman–Crippen MR) is 71.3 cm³/mol. The average molecular weight is 261 g/mol. The summed E-state index contributed by atoms with van der Waals surface area (Å²) in [5, 5.41) is 11.6. The van der Waals surface area contributed by atoms with Crippen molar-refractivity contribution < 1.29 is 14.7 Å². The number of amides is 1. The van der Waals surface area contributed by atoms with E-state index in [9.17, 15) is 9.59 Å². The van der Waals surface area contributed by atoms with Gasteiger partial charge in [-0.2, -0.15) is 11.8 Å². The Kier molecular flexibility index (Phi) is 8.94. The molecule has 0 heterocycles. The van der Waals surface area contributed by atoms with Gasteiger partial charge in [-0.05, 0) is 30.8 Å². The number of carbonyl (C=O) groups excluding carboxylic acids is 1. The third kappa shape index (κ3) is 7.26. The fourth-order valence-corrected chi connectivity index (χ4v) is 1.95. The Hall–Kier alpha value is -0.710. The fourth-order valence-electron chi connectivity index (χ4n) is 1.46. The number of carbonyl (C=O) groups is 2. The molecule has 5 heteroatoms. The van der Waals surface area contributed by atoms with Crippen LogP contribution >= 0.6 is 11.8 Å². The van der Waals surface area contributed by atoms with Crippen LogP contribution in [0.25, 0.3) is 0 Å². The Morgan fingerprint density at radius 1 is 1.35 bits per heavy atom. The molecule has 0 saturated carbocycles. The van der Waals surface area contributed by atoms with E-state index < -0.39 is 12.0 Å². The van der Waals surface area contributed by atoms with Crippen molar-refractivity contribution >= 4 is 23.6 Å². The second-order valence-corrected chi connectivity index (χ2v) is 5.20. The zero-order chi connectivity index (χ0) is 13.3. The van der Waals surface area contributed by atoms with Gasteiger partial charge in [0.15, 0.2) is 0 Å². The molecule has 0 radical (unpaired) electrons. The number of rotatable bonds is 9. The summed E-state index contributed by atoms with van der Waals surface area (Å²) < 4.78 is 0. The Balaban J connectivity index is 4.00. The van der Waals surface area contributed by atoms with E-state index in [0.717, 1.165) is 25.0 Å². The molecule has 0 spiro atoms. The van der Waals surface area contributed by atoms with E-state index in [1.54, 1.807) is 11.8 Å². The molecule has 0 aromatic heterocycles. The number of carboxylic acid groups (broad SMARTS) is 1.